The van der Waals surface area contributed by atoms with Gasteiger partial charge in [-0.15, -0.1) is 0 Å². The smallest absolute Gasteiger partial charge is 0.280 e. The van der Waals surface area contributed by atoms with E-state index in [4.69, 9.17) is 11.6 Å². The highest BCUT2D eigenvalue weighted by Crippen LogP contribution is 2.34. The number of rotatable bonds is 4. The van der Waals surface area contributed by atoms with E-state index in [0.29, 0.717) is 12.1 Å². The van der Waals surface area contributed by atoms with Gasteiger partial charge < -0.3 is 0 Å². The summed E-state index contributed by atoms with van der Waals surface area (Å²) in [6, 6.07) is 7.62. The maximum Gasteiger partial charge on any atom is 0.435 e. The molecule has 0 saturated heterocycles. The summed E-state index contributed by atoms with van der Waals surface area (Å²) < 4.78 is 104. The highest BCUT2D eigenvalue weighted by atomic mass is 35.5. The van der Waals surface area contributed by atoms with Crippen molar-refractivity contribution in [3.05, 3.63) is 71.0 Å². The van der Waals surface area contributed by atoms with Crippen molar-refractivity contribution in [1.82, 2.24) is 9.78 Å². The Kier molecular flexibility index (Phi) is 5.50. The Labute approximate surface area is 170 Å². The summed E-state index contributed by atoms with van der Waals surface area (Å²) in [5.41, 5.74) is -2.14. The third-order valence-corrected chi connectivity index (χ3v) is 5.67. The first-order chi connectivity index (χ1) is 13.8. The van der Waals surface area contributed by atoms with Gasteiger partial charge in [-0.05, 0) is 48.5 Å². The lowest BCUT2D eigenvalue weighted by molar-refractivity contribution is -0.141. The van der Waals surface area contributed by atoms with Crippen LogP contribution in [0.1, 0.15) is 11.3 Å². The van der Waals surface area contributed by atoms with E-state index in [1.807, 2.05) is 0 Å². The van der Waals surface area contributed by atoms with Crippen molar-refractivity contribution in [3.8, 4) is 5.69 Å². The van der Waals surface area contributed by atoms with Crippen LogP contribution in [0.5, 0.6) is 0 Å². The molecule has 0 atom stereocenters. The fourth-order valence-electron chi connectivity index (χ4n) is 2.40. The molecule has 0 aliphatic carbocycles. The molecule has 0 amide bonds. The highest BCUT2D eigenvalue weighted by molar-refractivity contribution is 7.92. The molecule has 1 N–H and O–H groups in total. The Morgan fingerprint density at radius 1 is 0.900 bits per heavy atom. The largest absolute Gasteiger partial charge is 0.435 e. The minimum atomic E-state index is -4.77. The molecule has 13 heteroatoms. The SMILES string of the molecule is O=S(=O)(Nc1ccc(-n2ccc(C(F)(F)F)n2)cc1)c1cc(C(F)(F)F)ccc1Cl. The Morgan fingerprint density at radius 2 is 1.53 bits per heavy atom. The van der Waals surface area contributed by atoms with Crippen LogP contribution in [0.4, 0.5) is 32.0 Å². The normalized spacial score (nSPS) is 12.8. The number of aromatic nitrogens is 2. The third-order valence-electron chi connectivity index (χ3n) is 3.81. The topological polar surface area (TPSA) is 64.0 Å². The molecule has 0 radical (unpaired) electrons. The first-order valence-electron chi connectivity index (χ1n) is 7.90. The van der Waals surface area contributed by atoms with Gasteiger partial charge in [0, 0.05) is 11.9 Å². The number of sulfonamides is 1. The van der Waals surface area contributed by atoms with Crippen LogP contribution in [-0.2, 0) is 22.4 Å². The number of nitrogens with one attached hydrogen (secondary N) is 1. The second-order valence-corrected chi connectivity index (χ2v) is 8.00. The first kappa shape index (κ1) is 22.0. The summed E-state index contributed by atoms with van der Waals surface area (Å²) in [7, 11) is -4.47. The zero-order chi connectivity index (χ0) is 22.3. The molecule has 3 aromatic rings. The first-order valence-corrected chi connectivity index (χ1v) is 9.76. The van der Waals surface area contributed by atoms with Crippen LogP contribution in [0.25, 0.3) is 5.69 Å². The van der Waals surface area contributed by atoms with Crippen molar-refractivity contribution in [3.63, 3.8) is 0 Å². The number of hydrogen-bond donors (Lipinski definition) is 1. The van der Waals surface area contributed by atoms with Crippen LogP contribution in [-0.4, -0.2) is 18.2 Å². The maximum atomic E-state index is 12.9. The van der Waals surface area contributed by atoms with Crippen molar-refractivity contribution in [1.29, 1.82) is 0 Å². The second kappa shape index (κ2) is 7.51. The molecule has 0 saturated carbocycles. The number of nitrogens with zero attached hydrogens (tertiary/aromatic N) is 2. The minimum absolute atomic E-state index is 0.0459. The average Bonchev–Trinajstić information content (AvgIpc) is 3.12. The van der Waals surface area contributed by atoms with E-state index in [2.05, 4.69) is 9.82 Å². The van der Waals surface area contributed by atoms with Gasteiger partial charge in [-0.2, -0.15) is 31.4 Å². The average molecular weight is 470 g/mol. The molecule has 0 fully saturated rings. The van der Waals surface area contributed by atoms with Crippen molar-refractivity contribution in [2.45, 2.75) is 17.2 Å². The molecule has 0 unspecified atom stereocenters. The van der Waals surface area contributed by atoms with E-state index in [-0.39, 0.29) is 11.4 Å². The molecule has 1 aromatic heterocycles. The summed E-state index contributed by atoms with van der Waals surface area (Å²) in [4.78, 5) is -0.773. The fourth-order valence-corrected chi connectivity index (χ4v) is 3.98. The molecule has 0 aliphatic heterocycles. The zero-order valence-corrected chi connectivity index (χ0v) is 16.0. The molecule has 0 aliphatic rings. The number of anilines is 1. The van der Waals surface area contributed by atoms with Crippen LogP contribution >= 0.6 is 11.6 Å². The highest BCUT2D eigenvalue weighted by Gasteiger charge is 2.34. The van der Waals surface area contributed by atoms with Crippen molar-refractivity contribution >= 4 is 27.3 Å². The standard InChI is InChI=1S/C17H10ClF6N3O2S/c18-13-6-1-10(16(19,20)21)9-14(13)30(28,29)26-11-2-4-12(5-3-11)27-8-7-15(25-27)17(22,23)24/h1-9,26H. The third kappa shape index (κ3) is 4.70. The van der Waals surface area contributed by atoms with Gasteiger partial charge in [-0.1, -0.05) is 11.6 Å². The molecule has 0 spiro atoms. The fraction of sp³-hybridized carbons (Fsp3) is 0.118. The lowest BCUT2D eigenvalue weighted by Crippen LogP contribution is -2.15. The van der Waals surface area contributed by atoms with Gasteiger partial charge in [0.05, 0.1) is 16.3 Å². The molecule has 0 bridgehead atoms. The Morgan fingerprint density at radius 3 is 2.07 bits per heavy atom. The lowest BCUT2D eigenvalue weighted by atomic mass is 10.2. The van der Waals surface area contributed by atoms with Crippen molar-refractivity contribution in [2.75, 3.05) is 4.72 Å². The van der Waals surface area contributed by atoms with E-state index in [1.54, 1.807) is 0 Å². The Hall–Kier alpha value is -2.73. The molecule has 1 heterocycles. The summed E-state index contributed by atoms with van der Waals surface area (Å²) in [6.45, 7) is 0. The molecule has 3 rings (SSSR count). The molecular weight excluding hydrogens is 460 g/mol. The predicted octanol–water partition coefficient (Wildman–Crippen LogP) is 5.36. The number of halogens is 7. The summed E-state index contributed by atoms with van der Waals surface area (Å²) in [6.07, 6.45) is -8.31. The number of hydrogen-bond acceptors (Lipinski definition) is 3. The summed E-state index contributed by atoms with van der Waals surface area (Å²) in [5.74, 6) is 0. The Bertz CT molecular complexity index is 1170. The van der Waals surface area contributed by atoms with E-state index in [1.165, 1.54) is 24.3 Å². The van der Waals surface area contributed by atoms with Gasteiger partial charge in [-0.25, -0.2) is 13.1 Å². The van der Waals surface area contributed by atoms with Crippen molar-refractivity contribution < 1.29 is 34.8 Å². The van der Waals surface area contributed by atoms with Crippen LogP contribution in [0.15, 0.2) is 59.6 Å². The predicted molar refractivity (Wildman–Crippen MR) is 95.8 cm³/mol. The Balaban J connectivity index is 1.86. The molecule has 5 nitrogen and oxygen atoms in total. The van der Waals surface area contributed by atoms with Crippen LogP contribution in [0.3, 0.4) is 0 Å². The van der Waals surface area contributed by atoms with Gasteiger partial charge in [0.15, 0.2) is 5.69 Å². The van der Waals surface area contributed by atoms with Crippen LogP contribution in [0.2, 0.25) is 5.02 Å². The summed E-state index contributed by atoms with van der Waals surface area (Å²) in [5, 5.41) is 2.96. The van der Waals surface area contributed by atoms with Gasteiger partial charge in [0.1, 0.15) is 4.90 Å². The lowest BCUT2D eigenvalue weighted by Gasteiger charge is -2.13. The van der Waals surface area contributed by atoms with E-state index in [0.717, 1.165) is 23.0 Å². The number of alkyl halides is 6. The minimum Gasteiger partial charge on any atom is -0.280 e. The second-order valence-electron chi connectivity index (χ2n) is 5.94. The molecule has 30 heavy (non-hydrogen) atoms. The van der Waals surface area contributed by atoms with Crippen LogP contribution < -0.4 is 4.72 Å². The van der Waals surface area contributed by atoms with E-state index < -0.39 is 43.6 Å². The van der Waals surface area contributed by atoms with Crippen LogP contribution in [0, 0.1) is 0 Å². The van der Waals surface area contributed by atoms with Gasteiger partial charge in [-0.3, -0.25) is 4.72 Å². The number of benzene rings is 2. The molecular formula is C17H10ClF6N3O2S. The zero-order valence-electron chi connectivity index (χ0n) is 14.5. The molecule has 160 valence electrons. The quantitative estimate of drug-likeness (QED) is 0.523. The van der Waals surface area contributed by atoms with E-state index >= 15 is 0 Å². The maximum absolute atomic E-state index is 12.9. The summed E-state index contributed by atoms with van der Waals surface area (Å²) >= 11 is 5.75. The molecule has 2 aromatic carbocycles. The van der Waals surface area contributed by atoms with Crippen molar-refractivity contribution in [2.24, 2.45) is 0 Å². The monoisotopic (exact) mass is 469 g/mol. The van der Waals surface area contributed by atoms with E-state index in [9.17, 15) is 34.8 Å². The van der Waals surface area contributed by atoms with Gasteiger partial charge in [0.2, 0.25) is 0 Å². The van der Waals surface area contributed by atoms with Gasteiger partial charge >= 0.3 is 12.4 Å². The van der Waals surface area contributed by atoms with Gasteiger partial charge in [0.25, 0.3) is 10.0 Å².